The van der Waals surface area contributed by atoms with Gasteiger partial charge in [-0.2, -0.15) is 0 Å². The highest BCUT2D eigenvalue weighted by Gasteiger charge is 1.76. The van der Waals surface area contributed by atoms with E-state index < -0.39 is 0 Å². The van der Waals surface area contributed by atoms with Crippen LogP contribution < -0.4 is 0 Å². The Morgan fingerprint density at radius 1 is 2.00 bits per heavy atom. The summed E-state index contributed by atoms with van der Waals surface area (Å²) in [6, 6.07) is 0. The second kappa shape index (κ2) is 4.87. The minimum atomic E-state index is 0.658. The molecule has 0 saturated carbocycles. The lowest BCUT2D eigenvalue weighted by Crippen LogP contribution is -1.45. The minimum Gasteiger partial charge on any atom is -0.0523 e. The van der Waals surface area contributed by atoms with E-state index in [1.165, 1.54) is 5.75 Å². The Morgan fingerprint density at radius 2 is 2.60 bits per heavy atom. The van der Waals surface area contributed by atoms with Crippen molar-refractivity contribution in [3.05, 3.63) is 0 Å². The van der Waals surface area contributed by atoms with Gasteiger partial charge >= 0.3 is 0 Å². The summed E-state index contributed by atoms with van der Waals surface area (Å²) in [4.78, 5) is 0. The summed E-state index contributed by atoms with van der Waals surface area (Å²) in [5.41, 5.74) is 0. The minimum absolute atomic E-state index is 0.658. The molecule has 0 aromatic rings. The second-order valence-electron chi connectivity index (χ2n) is 0.516. The van der Waals surface area contributed by atoms with Gasteiger partial charge in [0.2, 0.25) is 6.56 Å². The Labute approximate surface area is 42.9 Å². The maximum absolute atomic E-state index is 4.64. The third kappa shape index (κ3) is 4.87. The van der Waals surface area contributed by atoms with Crippen molar-refractivity contribution in [3.63, 3.8) is 0 Å². The maximum atomic E-state index is 4.64. The summed E-state index contributed by atoms with van der Waals surface area (Å²) < 4.78 is 0. The van der Waals surface area contributed by atoms with Crippen molar-refractivity contribution in [2.24, 2.45) is 0 Å². The van der Waals surface area contributed by atoms with Crippen LogP contribution in [0.1, 0.15) is 6.92 Å². The summed E-state index contributed by atoms with van der Waals surface area (Å²) in [5.74, 6) is 1.17. The molecule has 5 heavy (non-hydrogen) atoms. The Bertz CT molecular complexity index is 28.8. The molecule has 0 aliphatic heterocycles. The maximum Gasteiger partial charge on any atom is 0.230 e. The molecule has 0 heterocycles. The van der Waals surface area contributed by atoms with E-state index in [1.807, 2.05) is 0 Å². The third-order valence-electron chi connectivity index (χ3n) is 0.203. The van der Waals surface area contributed by atoms with E-state index in [-0.39, 0.29) is 0 Å². The van der Waals surface area contributed by atoms with E-state index in [0.29, 0.717) is 6.56 Å². The fourth-order valence-electron chi connectivity index (χ4n) is 0.0589. The average molecular weight is 125 g/mol. The van der Waals surface area contributed by atoms with Gasteiger partial charge in [-0.15, -0.1) is 0 Å². The molecule has 0 fully saturated rings. The first-order valence-corrected chi connectivity index (χ1v) is 5.25. The fraction of sp³-hybridized carbons (Fsp3) is 1.00. The van der Waals surface area contributed by atoms with Gasteiger partial charge < -0.3 is 0 Å². The van der Waals surface area contributed by atoms with Crippen LogP contribution in [-0.2, 0) is 11.8 Å². The molecule has 0 saturated heterocycles. The molecular formula is C2H6PS2+. The highest BCUT2D eigenvalue weighted by atomic mass is 32.9. The van der Waals surface area contributed by atoms with Gasteiger partial charge in [0, 0.05) is 5.75 Å². The van der Waals surface area contributed by atoms with Crippen LogP contribution in [0.3, 0.4) is 0 Å². The highest BCUT2D eigenvalue weighted by Crippen LogP contribution is 2.14. The topological polar surface area (TPSA) is 0 Å². The van der Waals surface area contributed by atoms with Crippen molar-refractivity contribution >= 4 is 29.7 Å². The van der Waals surface area contributed by atoms with Crippen molar-refractivity contribution in [2.45, 2.75) is 6.92 Å². The molecule has 30 valence electrons. The molecule has 0 nitrogen and oxygen atoms in total. The summed E-state index contributed by atoms with van der Waals surface area (Å²) >= 11 is 6.45. The lowest BCUT2D eigenvalue weighted by atomic mass is 11.0. The molecule has 1 unspecified atom stereocenters. The molecule has 0 bridgehead atoms. The highest BCUT2D eigenvalue weighted by molar-refractivity contribution is 8.57. The standard InChI is InChI=1S/C2H5PS2/c1-2-5-3-4/h2H2,1H3/p+1. The largest absolute Gasteiger partial charge is 0.230 e. The Hall–Kier alpha value is 0.870. The molecule has 0 N–H and O–H groups in total. The predicted octanol–water partition coefficient (Wildman–Crippen LogP) is 1.79. The molecule has 0 spiro atoms. The van der Waals surface area contributed by atoms with Crippen LogP contribution in [0, 0.1) is 0 Å². The first-order valence-electron chi connectivity index (χ1n) is 1.40. The van der Waals surface area contributed by atoms with Gasteiger partial charge in [-0.1, -0.05) is 6.92 Å². The van der Waals surface area contributed by atoms with Crippen LogP contribution in [0.25, 0.3) is 0 Å². The molecule has 0 aliphatic rings. The van der Waals surface area contributed by atoms with Crippen molar-refractivity contribution in [1.29, 1.82) is 0 Å². The van der Waals surface area contributed by atoms with E-state index in [2.05, 4.69) is 18.7 Å². The predicted molar refractivity (Wildman–Crippen MR) is 33.8 cm³/mol. The van der Waals surface area contributed by atoms with Gasteiger partial charge in [0.1, 0.15) is 0 Å². The second-order valence-corrected chi connectivity index (χ2v) is 4.42. The van der Waals surface area contributed by atoms with Crippen LogP contribution in [0.2, 0.25) is 0 Å². The van der Waals surface area contributed by atoms with Crippen LogP contribution in [0.15, 0.2) is 0 Å². The Kier molecular flexibility index (Phi) is 5.72. The van der Waals surface area contributed by atoms with Crippen molar-refractivity contribution in [3.8, 4) is 0 Å². The Balaban J connectivity index is 2.40. The van der Waals surface area contributed by atoms with E-state index in [0.717, 1.165) is 0 Å². The quantitative estimate of drug-likeness (QED) is 0.516. The molecule has 3 heteroatoms. The van der Waals surface area contributed by atoms with Crippen LogP contribution in [-0.4, -0.2) is 5.75 Å². The summed E-state index contributed by atoms with van der Waals surface area (Å²) in [7, 11) is 0. The summed E-state index contributed by atoms with van der Waals surface area (Å²) in [6.07, 6.45) is 0. The third-order valence-corrected chi connectivity index (χ3v) is 2.89. The van der Waals surface area contributed by atoms with Gasteiger partial charge in [0.05, 0.1) is 11.4 Å². The Morgan fingerprint density at radius 3 is 2.60 bits per heavy atom. The van der Waals surface area contributed by atoms with Crippen molar-refractivity contribution in [2.75, 3.05) is 5.75 Å². The van der Waals surface area contributed by atoms with Gasteiger partial charge in [-0.3, -0.25) is 0 Å². The molecule has 0 radical (unpaired) electrons. The van der Waals surface area contributed by atoms with Gasteiger partial charge in [0.15, 0.2) is 11.8 Å². The summed E-state index contributed by atoms with van der Waals surface area (Å²) in [6.45, 7) is 2.77. The SMILES string of the molecule is CCS[PH+]=S. The number of hydrogen-bond acceptors (Lipinski definition) is 2. The van der Waals surface area contributed by atoms with Crippen LogP contribution in [0.4, 0.5) is 0 Å². The lowest BCUT2D eigenvalue weighted by molar-refractivity contribution is 1.54. The zero-order chi connectivity index (χ0) is 4.12. The van der Waals surface area contributed by atoms with E-state index >= 15 is 0 Å². The van der Waals surface area contributed by atoms with E-state index in [4.69, 9.17) is 0 Å². The van der Waals surface area contributed by atoms with Crippen LogP contribution in [0.5, 0.6) is 0 Å². The van der Waals surface area contributed by atoms with E-state index in [1.54, 1.807) is 11.4 Å². The monoisotopic (exact) mass is 125 g/mol. The van der Waals surface area contributed by atoms with E-state index in [9.17, 15) is 0 Å². The summed E-state index contributed by atoms with van der Waals surface area (Å²) in [5, 5.41) is 0. The zero-order valence-electron chi connectivity index (χ0n) is 3.02. The van der Waals surface area contributed by atoms with Crippen molar-refractivity contribution < 1.29 is 0 Å². The average Bonchev–Trinajstić information content (AvgIpc) is 1.41. The molecule has 0 rings (SSSR count). The van der Waals surface area contributed by atoms with Gasteiger partial charge in [0.25, 0.3) is 0 Å². The van der Waals surface area contributed by atoms with Crippen LogP contribution >= 0.6 is 17.9 Å². The number of rotatable bonds is 2. The lowest BCUT2D eigenvalue weighted by Gasteiger charge is -1.59. The molecule has 0 amide bonds. The first-order chi connectivity index (χ1) is 2.41. The fourth-order valence-corrected chi connectivity index (χ4v) is 1.59. The molecule has 0 aliphatic carbocycles. The first kappa shape index (κ1) is 5.87. The molecule has 0 aromatic heterocycles. The molecular weight excluding hydrogens is 119 g/mol. The number of hydrogen-bond donors (Lipinski definition) is 0. The normalized spacial score (nSPS) is 9.00. The van der Waals surface area contributed by atoms with Gasteiger partial charge in [-0.05, 0) is 0 Å². The molecule has 0 aromatic carbocycles. The van der Waals surface area contributed by atoms with Crippen molar-refractivity contribution in [1.82, 2.24) is 0 Å². The molecule has 1 atom stereocenters. The smallest absolute Gasteiger partial charge is 0.0523 e. The van der Waals surface area contributed by atoms with Gasteiger partial charge in [-0.25, -0.2) is 0 Å². The zero-order valence-corrected chi connectivity index (χ0v) is 5.66.